The minimum Gasteiger partial charge on any atom is -0.381 e. The van der Waals surface area contributed by atoms with E-state index in [-0.39, 0.29) is 5.54 Å². The van der Waals surface area contributed by atoms with Crippen LogP contribution in [0.25, 0.3) is 0 Å². The van der Waals surface area contributed by atoms with Gasteiger partial charge in [-0.3, -0.25) is 5.32 Å². The van der Waals surface area contributed by atoms with Crippen molar-refractivity contribution < 1.29 is 9.47 Å². The molecule has 0 aliphatic carbocycles. The first-order valence-electron chi connectivity index (χ1n) is 7.08. The molecule has 0 aromatic carbocycles. The minimum absolute atomic E-state index is 0.366. The van der Waals surface area contributed by atoms with E-state index in [0.717, 1.165) is 58.7 Å². The Morgan fingerprint density at radius 3 is 2.89 bits per heavy atom. The van der Waals surface area contributed by atoms with Gasteiger partial charge in [0.1, 0.15) is 5.54 Å². The highest BCUT2D eigenvalue weighted by atomic mass is 16.5. The summed E-state index contributed by atoms with van der Waals surface area (Å²) in [5.41, 5.74) is -0.366. The van der Waals surface area contributed by atoms with E-state index < -0.39 is 0 Å². The molecule has 0 bridgehead atoms. The maximum absolute atomic E-state index is 9.27. The lowest BCUT2D eigenvalue weighted by Gasteiger charge is -2.26. The summed E-state index contributed by atoms with van der Waals surface area (Å²) >= 11 is 0. The van der Waals surface area contributed by atoms with Gasteiger partial charge in [0.05, 0.1) is 19.3 Å². The first kappa shape index (κ1) is 15.4. The molecule has 1 N–H and O–H groups in total. The Hall–Kier alpha value is -0.630. The molecule has 0 aromatic heterocycles. The monoisotopic (exact) mass is 254 g/mol. The van der Waals surface area contributed by atoms with E-state index in [9.17, 15) is 5.26 Å². The van der Waals surface area contributed by atoms with Crippen molar-refractivity contribution in [2.45, 2.75) is 45.1 Å². The maximum atomic E-state index is 9.27. The molecule has 1 saturated heterocycles. The predicted octanol–water partition coefficient (Wildman–Crippen LogP) is 2.10. The Morgan fingerprint density at radius 2 is 2.33 bits per heavy atom. The lowest BCUT2D eigenvalue weighted by Crippen LogP contribution is -2.43. The molecule has 0 amide bonds. The van der Waals surface area contributed by atoms with Crippen LogP contribution in [0.3, 0.4) is 0 Å². The number of nitriles is 1. The van der Waals surface area contributed by atoms with E-state index >= 15 is 0 Å². The summed E-state index contributed by atoms with van der Waals surface area (Å²) in [4.78, 5) is 0. The molecule has 0 spiro atoms. The number of hydrogen-bond donors (Lipinski definition) is 1. The zero-order chi connectivity index (χ0) is 13.3. The van der Waals surface area contributed by atoms with Crippen molar-refractivity contribution in [3.63, 3.8) is 0 Å². The summed E-state index contributed by atoms with van der Waals surface area (Å²) in [7, 11) is 0. The van der Waals surface area contributed by atoms with Gasteiger partial charge in [-0.2, -0.15) is 5.26 Å². The van der Waals surface area contributed by atoms with Crippen molar-refractivity contribution in [2.75, 3.05) is 33.0 Å². The molecular weight excluding hydrogens is 228 g/mol. The average molecular weight is 254 g/mol. The van der Waals surface area contributed by atoms with Crippen molar-refractivity contribution in [2.24, 2.45) is 5.92 Å². The Kier molecular flexibility index (Phi) is 7.26. The fourth-order valence-corrected chi connectivity index (χ4v) is 2.34. The van der Waals surface area contributed by atoms with Crippen LogP contribution in [-0.4, -0.2) is 38.5 Å². The van der Waals surface area contributed by atoms with Crippen LogP contribution in [0.4, 0.5) is 0 Å². The highest BCUT2D eigenvalue weighted by molar-refractivity contribution is 5.05. The standard InChI is InChI=1S/C14H26N2O2/c1-3-14(12-15,16-4-2)7-5-8-17-10-13-6-9-18-11-13/h13,16H,3-11H2,1-2H3. The molecule has 104 valence electrons. The van der Waals surface area contributed by atoms with Crippen molar-refractivity contribution >= 4 is 0 Å². The van der Waals surface area contributed by atoms with E-state index in [0.29, 0.717) is 5.92 Å². The number of nitrogens with one attached hydrogen (secondary N) is 1. The summed E-state index contributed by atoms with van der Waals surface area (Å²) in [6.45, 7) is 8.19. The second-order valence-corrected chi connectivity index (χ2v) is 4.99. The molecule has 4 nitrogen and oxygen atoms in total. The molecule has 2 atom stereocenters. The van der Waals surface area contributed by atoms with Crippen molar-refractivity contribution in [1.29, 1.82) is 5.26 Å². The lowest BCUT2D eigenvalue weighted by atomic mass is 9.92. The van der Waals surface area contributed by atoms with E-state index in [1.54, 1.807) is 0 Å². The van der Waals surface area contributed by atoms with E-state index in [4.69, 9.17) is 9.47 Å². The van der Waals surface area contributed by atoms with Crippen LogP contribution in [0.2, 0.25) is 0 Å². The quantitative estimate of drug-likeness (QED) is 0.640. The molecule has 0 radical (unpaired) electrons. The van der Waals surface area contributed by atoms with Gasteiger partial charge in [0.25, 0.3) is 0 Å². The van der Waals surface area contributed by atoms with Crippen LogP contribution in [-0.2, 0) is 9.47 Å². The number of nitrogens with zero attached hydrogens (tertiary/aromatic N) is 1. The van der Waals surface area contributed by atoms with E-state index in [1.807, 2.05) is 6.92 Å². The molecule has 1 fully saturated rings. The number of ether oxygens (including phenoxy) is 2. The Labute approximate surface area is 111 Å². The van der Waals surface area contributed by atoms with Gasteiger partial charge in [0.15, 0.2) is 0 Å². The maximum Gasteiger partial charge on any atom is 0.106 e. The third kappa shape index (κ3) is 4.93. The summed E-state index contributed by atoms with van der Waals surface area (Å²) in [5.74, 6) is 0.575. The first-order valence-corrected chi connectivity index (χ1v) is 7.08. The third-order valence-corrected chi connectivity index (χ3v) is 3.60. The lowest BCUT2D eigenvalue weighted by molar-refractivity contribution is 0.0844. The second kappa shape index (κ2) is 8.47. The zero-order valence-electron chi connectivity index (χ0n) is 11.7. The summed E-state index contributed by atoms with van der Waals surface area (Å²) in [5, 5.41) is 12.6. The smallest absolute Gasteiger partial charge is 0.106 e. The Morgan fingerprint density at radius 1 is 1.50 bits per heavy atom. The highest BCUT2D eigenvalue weighted by Gasteiger charge is 2.25. The molecule has 4 heteroatoms. The van der Waals surface area contributed by atoms with Gasteiger partial charge in [0.2, 0.25) is 0 Å². The minimum atomic E-state index is -0.366. The van der Waals surface area contributed by atoms with E-state index in [1.165, 1.54) is 0 Å². The summed E-state index contributed by atoms with van der Waals surface area (Å²) in [6, 6.07) is 2.41. The fraction of sp³-hybridized carbons (Fsp3) is 0.929. The largest absolute Gasteiger partial charge is 0.381 e. The van der Waals surface area contributed by atoms with Gasteiger partial charge in [-0.05, 0) is 32.2 Å². The summed E-state index contributed by atoms with van der Waals surface area (Å²) in [6.07, 6.45) is 3.75. The van der Waals surface area contributed by atoms with Gasteiger partial charge in [-0.15, -0.1) is 0 Å². The first-order chi connectivity index (χ1) is 8.76. The van der Waals surface area contributed by atoms with Crippen LogP contribution < -0.4 is 5.32 Å². The molecule has 0 aromatic rings. The van der Waals surface area contributed by atoms with Crippen molar-refractivity contribution in [3.8, 4) is 6.07 Å². The predicted molar refractivity (Wildman–Crippen MR) is 71.3 cm³/mol. The molecular formula is C14H26N2O2. The van der Waals surface area contributed by atoms with Gasteiger partial charge in [0, 0.05) is 19.1 Å². The fourth-order valence-electron chi connectivity index (χ4n) is 2.34. The van der Waals surface area contributed by atoms with Crippen LogP contribution in [0.1, 0.15) is 39.5 Å². The van der Waals surface area contributed by atoms with Gasteiger partial charge in [-0.25, -0.2) is 0 Å². The topological polar surface area (TPSA) is 54.3 Å². The zero-order valence-corrected chi connectivity index (χ0v) is 11.7. The molecule has 1 rings (SSSR count). The van der Waals surface area contributed by atoms with Crippen molar-refractivity contribution in [1.82, 2.24) is 5.32 Å². The van der Waals surface area contributed by atoms with Crippen LogP contribution in [0.5, 0.6) is 0 Å². The average Bonchev–Trinajstić information content (AvgIpc) is 2.90. The van der Waals surface area contributed by atoms with Crippen molar-refractivity contribution in [3.05, 3.63) is 0 Å². The van der Waals surface area contributed by atoms with Crippen LogP contribution in [0.15, 0.2) is 0 Å². The molecule has 1 aliphatic rings. The van der Waals surface area contributed by atoms with E-state index in [2.05, 4.69) is 18.3 Å². The highest BCUT2D eigenvalue weighted by Crippen LogP contribution is 2.17. The molecule has 18 heavy (non-hydrogen) atoms. The number of rotatable bonds is 9. The normalized spacial score (nSPS) is 22.6. The van der Waals surface area contributed by atoms with Gasteiger partial charge >= 0.3 is 0 Å². The van der Waals surface area contributed by atoms with Crippen LogP contribution >= 0.6 is 0 Å². The Balaban J connectivity index is 2.12. The van der Waals surface area contributed by atoms with Gasteiger partial charge in [-0.1, -0.05) is 13.8 Å². The summed E-state index contributed by atoms with van der Waals surface area (Å²) < 4.78 is 11.0. The third-order valence-electron chi connectivity index (χ3n) is 3.60. The molecule has 0 saturated carbocycles. The second-order valence-electron chi connectivity index (χ2n) is 4.99. The molecule has 1 heterocycles. The molecule has 2 unspecified atom stereocenters. The van der Waals surface area contributed by atoms with Crippen LogP contribution in [0, 0.1) is 17.2 Å². The SMILES string of the molecule is CCNC(C#N)(CC)CCCOCC1CCOC1. The van der Waals surface area contributed by atoms with Gasteiger partial charge < -0.3 is 9.47 Å². The molecule has 1 aliphatic heterocycles. The Bertz CT molecular complexity index is 259. The number of hydrogen-bond acceptors (Lipinski definition) is 4.